The summed E-state index contributed by atoms with van der Waals surface area (Å²) in [6.45, 7) is 4.31. The first-order chi connectivity index (χ1) is 10.8. The predicted molar refractivity (Wildman–Crippen MR) is 91.4 cm³/mol. The highest BCUT2D eigenvalue weighted by Crippen LogP contribution is 2.63. The van der Waals surface area contributed by atoms with Crippen LogP contribution in [0.3, 0.4) is 0 Å². The lowest BCUT2D eigenvalue weighted by atomic mass is 9.49. The summed E-state index contributed by atoms with van der Waals surface area (Å²) >= 11 is 0. The van der Waals surface area contributed by atoms with Crippen LogP contribution in [0, 0.1) is 35.0 Å². The van der Waals surface area contributed by atoms with E-state index in [2.05, 4.69) is 12.7 Å². The van der Waals surface area contributed by atoms with Gasteiger partial charge in [0.15, 0.2) is 0 Å². The minimum Gasteiger partial charge on any atom is -0.395 e. The third-order valence-corrected chi connectivity index (χ3v) is 7.99. The molecule has 1 nitrogen and oxygen atoms in total. The third kappa shape index (κ3) is 2.08. The molecule has 4 aliphatic rings. The highest BCUT2D eigenvalue weighted by Gasteiger charge is 2.55. The van der Waals surface area contributed by atoms with Gasteiger partial charge in [0.05, 0.1) is 6.61 Å². The van der Waals surface area contributed by atoms with Gasteiger partial charge in [0.1, 0.15) is 0 Å². The molecule has 3 saturated carbocycles. The van der Waals surface area contributed by atoms with Crippen molar-refractivity contribution in [3.63, 3.8) is 0 Å². The molecule has 1 N–H and O–H groups in total. The van der Waals surface area contributed by atoms with Gasteiger partial charge in [-0.3, -0.25) is 0 Å². The summed E-state index contributed by atoms with van der Waals surface area (Å²) in [7, 11) is 0. The van der Waals surface area contributed by atoms with Crippen molar-refractivity contribution < 1.29 is 5.11 Å². The molecule has 0 amide bonds. The number of allylic oxidation sites excluding steroid dienone is 2. The SMILES string of the molecule is C=CCC1=CC[C@H]2[C@@H]3CCC4CCCC[C@@H]4[C@H]3CC[C@]12CO. The third-order valence-electron chi connectivity index (χ3n) is 7.99. The van der Waals surface area contributed by atoms with Crippen LogP contribution < -0.4 is 0 Å². The van der Waals surface area contributed by atoms with Crippen LogP contribution in [0.4, 0.5) is 0 Å². The van der Waals surface area contributed by atoms with Crippen LogP contribution in [0.5, 0.6) is 0 Å². The second-order valence-corrected chi connectivity index (χ2v) is 8.53. The average molecular weight is 300 g/mol. The van der Waals surface area contributed by atoms with E-state index in [0.717, 1.165) is 36.0 Å². The minimum atomic E-state index is 0.122. The van der Waals surface area contributed by atoms with Crippen molar-refractivity contribution in [2.24, 2.45) is 35.0 Å². The zero-order chi connectivity index (χ0) is 15.2. The maximum absolute atomic E-state index is 10.3. The summed E-state index contributed by atoms with van der Waals surface area (Å²) in [5.74, 6) is 4.65. The van der Waals surface area contributed by atoms with Crippen molar-refractivity contribution in [2.75, 3.05) is 6.61 Å². The van der Waals surface area contributed by atoms with E-state index < -0.39 is 0 Å². The summed E-state index contributed by atoms with van der Waals surface area (Å²) in [6.07, 6.45) is 18.2. The molecule has 122 valence electrons. The number of aliphatic hydroxyl groups excluding tert-OH is 1. The molecular weight excluding hydrogens is 268 g/mol. The van der Waals surface area contributed by atoms with Gasteiger partial charge in [-0.05, 0) is 74.5 Å². The van der Waals surface area contributed by atoms with Gasteiger partial charge in [0.25, 0.3) is 0 Å². The molecule has 0 aromatic heterocycles. The van der Waals surface area contributed by atoms with Crippen LogP contribution in [0.25, 0.3) is 0 Å². The van der Waals surface area contributed by atoms with Gasteiger partial charge >= 0.3 is 0 Å². The molecule has 3 fully saturated rings. The van der Waals surface area contributed by atoms with Crippen molar-refractivity contribution in [2.45, 2.75) is 64.2 Å². The molecule has 0 aromatic rings. The predicted octanol–water partition coefficient (Wildman–Crippen LogP) is 5.11. The average Bonchev–Trinajstić information content (AvgIpc) is 2.94. The van der Waals surface area contributed by atoms with Gasteiger partial charge < -0.3 is 5.11 Å². The summed E-state index contributed by atoms with van der Waals surface area (Å²) < 4.78 is 0. The smallest absolute Gasteiger partial charge is 0.0527 e. The monoisotopic (exact) mass is 300 g/mol. The molecule has 1 heteroatoms. The van der Waals surface area contributed by atoms with Gasteiger partial charge in [0.2, 0.25) is 0 Å². The molecule has 0 saturated heterocycles. The van der Waals surface area contributed by atoms with E-state index in [4.69, 9.17) is 0 Å². The van der Waals surface area contributed by atoms with E-state index in [1.807, 2.05) is 6.08 Å². The largest absolute Gasteiger partial charge is 0.395 e. The normalized spacial score (nSPS) is 47.1. The number of rotatable bonds is 3. The maximum Gasteiger partial charge on any atom is 0.0527 e. The first-order valence-electron chi connectivity index (χ1n) is 9.71. The molecule has 4 rings (SSSR count). The van der Waals surface area contributed by atoms with E-state index in [1.165, 1.54) is 63.4 Å². The van der Waals surface area contributed by atoms with E-state index in [0.29, 0.717) is 6.61 Å². The molecule has 6 atom stereocenters. The topological polar surface area (TPSA) is 20.2 Å². The Hall–Kier alpha value is -0.560. The van der Waals surface area contributed by atoms with Crippen molar-refractivity contribution in [3.8, 4) is 0 Å². The van der Waals surface area contributed by atoms with Crippen molar-refractivity contribution in [3.05, 3.63) is 24.3 Å². The lowest BCUT2D eigenvalue weighted by Crippen LogP contribution is -2.49. The fourth-order valence-electron chi connectivity index (χ4n) is 7.06. The maximum atomic E-state index is 10.3. The fraction of sp³-hybridized carbons (Fsp3) is 0.810. The molecule has 0 radical (unpaired) electrons. The Morgan fingerprint density at radius 3 is 2.77 bits per heavy atom. The molecule has 1 unspecified atom stereocenters. The zero-order valence-electron chi connectivity index (χ0n) is 14.0. The van der Waals surface area contributed by atoms with Crippen LogP contribution in [-0.2, 0) is 0 Å². The Kier molecular flexibility index (Phi) is 3.97. The van der Waals surface area contributed by atoms with Crippen LogP contribution in [0.2, 0.25) is 0 Å². The second kappa shape index (κ2) is 5.82. The lowest BCUT2D eigenvalue weighted by Gasteiger charge is -2.56. The van der Waals surface area contributed by atoms with Crippen molar-refractivity contribution in [1.29, 1.82) is 0 Å². The second-order valence-electron chi connectivity index (χ2n) is 8.53. The van der Waals surface area contributed by atoms with Gasteiger partial charge in [-0.15, -0.1) is 6.58 Å². The Labute approximate surface area is 135 Å². The van der Waals surface area contributed by atoms with E-state index in [9.17, 15) is 5.11 Å². The first kappa shape index (κ1) is 15.0. The Morgan fingerprint density at radius 1 is 1.09 bits per heavy atom. The highest BCUT2D eigenvalue weighted by atomic mass is 16.3. The summed E-state index contributed by atoms with van der Waals surface area (Å²) in [6, 6.07) is 0. The molecule has 4 aliphatic carbocycles. The summed E-state index contributed by atoms with van der Waals surface area (Å²) in [5.41, 5.74) is 1.64. The van der Waals surface area contributed by atoms with Crippen molar-refractivity contribution in [1.82, 2.24) is 0 Å². The Bertz CT molecular complexity index is 465. The lowest BCUT2D eigenvalue weighted by molar-refractivity contribution is -0.0659. The molecule has 0 bridgehead atoms. The van der Waals surface area contributed by atoms with Crippen molar-refractivity contribution >= 4 is 0 Å². The molecule has 0 spiro atoms. The van der Waals surface area contributed by atoms with Gasteiger partial charge in [-0.1, -0.05) is 37.0 Å². The highest BCUT2D eigenvalue weighted by molar-refractivity contribution is 5.28. The molecule has 0 aliphatic heterocycles. The number of hydrogen-bond acceptors (Lipinski definition) is 1. The Balaban J connectivity index is 1.59. The minimum absolute atomic E-state index is 0.122. The van der Waals surface area contributed by atoms with Crippen LogP contribution in [-0.4, -0.2) is 11.7 Å². The number of hydrogen-bond donors (Lipinski definition) is 1. The van der Waals surface area contributed by atoms with E-state index >= 15 is 0 Å². The van der Waals surface area contributed by atoms with Crippen LogP contribution >= 0.6 is 0 Å². The summed E-state index contributed by atoms with van der Waals surface area (Å²) in [4.78, 5) is 0. The fourth-order valence-corrected chi connectivity index (χ4v) is 7.06. The van der Waals surface area contributed by atoms with Crippen LogP contribution in [0.1, 0.15) is 64.2 Å². The molecule has 0 heterocycles. The molecule has 0 aromatic carbocycles. The van der Waals surface area contributed by atoms with E-state index in [1.54, 1.807) is 0 Å². The van der Waals surface area contributed by atoms with Crippen LogP contribution in [0.15, 0.2) is 24.3 Å². The summed E-state index contributed by atoms with van der Waals surface area (Å²) in [5, 5.41) is 10.3. The van der Waals surface area contributed by atoms with Gasteiger partial charge in [-0.2, -0.15) is 0 Å². The molecular formula is C21H32O. The van der Waals surface area contributed by atoms with Gasteiger partial charge in [-0.25, -0.2) is 0 Å². The van der Waals surface area contributed by atoms with Gasteiger partial charge in [0, 0.05) is 5.41 Å². The zero-order valence-corrected chi connectivity index (χ0v) is 14.0. The number of aliphatic hydroxyl groups is 1. The van der Waals surface area contributed by atoms with E-state index in [-0.39, 0.29) is 5.41 Å². The molecule has 22 heavy (non-hydrogen) atoms. The standard InChI is InChI=1S/C21H32O/c1-2-5-16-9-11-20-19-10-8-15-6-3-4-7-17(15)18(19)12-13-21(16,20)14-22/h2,9,15,17-20,22H,1,3-8,10-14H2/t15?,17-,18+,19+,20-,21-/m0/s1. The Morgan fingerprint density at radius 2 is 1.95 bits per heavy atom. The number of fused-ring (bicyclic) bond motifs is 5. The first-order valence-corrected chi connectivity index (χ1v) is 9.71. The quantitative estimate of drug-likeness (QED) is 0.718.